The molecule has 0 N–H and O–H groups in total. The molecule has 0 spiro atoms. The summed E-state index contributed by atoms with van der Waals surface area (Å²) in [6, 6.07) is 0. The van der Waals surface area contributed by atoms with Crippen LogP contribution in [0.2, 0.25) is 0 Å². The first-order valence-electron chi connectivity index (χ1n) is 3.56. The fourth-order valence-electron chi connectivity index (χ4n) is 1.18. The lowest BCUT2D eigenvalue weighted by Gasteiger charge is -1.95. The van der Waals surface area contributed by atoms with Crippen molar-refractivity contribution in [2.75, 3.05) is 7.11 Å². The van der Waals surface area contributed by atoms with Gasteiger partial charge in [-0.05, 0) is 38.1 Å². The van der Waals surface area contributed by atoms with Gasteiger partial charge >= 0.3 is 0 Å². The van der Waals surface area contributed by atoms with Crippen LogP contribution in [0.4, 0.5) is 0 Å². The quantitative estimate of drug-likeness (QED) is 0.430. The molecule has 3 heteroatoms. The third kappa shape index (κ3) is 5.45. The van der Waals surface area contributed by atoms with Crippen molar-refractivity contribution >= 4 is 25.5 Å². The van der Waals surface area contributed by atoms with Gasteiger partial charge in [-0.1, -0.05) is 6.92 Å². The van der Waals surface area contributed by atoms with Crippen LogP contribution >= 0.6 is 25.5 Å². The average molecular weight is 180 g/mol. The lowest BCUT2D eigenvalue weighted by Crippen LogP contribution is -1.88. The van der Waals surface area contributed by atoms with Crippen molar-refractivity contribution in [3.05, 3.63) is 0 Å². The molecule has 10 heavy (non-hydrogen) atoms. The highest BCUT2D eigenvalue weighted by Gasteiger charge is 2.16. The van der Waals surface area contributed by atoms with Gasteiger partial charge in [0.2, 0.25) is 0 Å². The van der Waals surface area contributed by atoms with Gasteiger partial charge in [-0.3, -0.25) is 0 Å². The second-order valence-electron chi connectivity index (χ2n) is 2.75. The SMILES string of the molecule is CC1CCC(S)C1.COS. The highest BCUT2D eigenvalue weighted by atomic mass is 32.1. The highest BCUT2D eigenvalue weighted by Crippen LogP contribution is 2.27. The van der Waals surface area contributed by atoms with E-state index in [2.05, 4.69) is 36.6 Å². The summed E-state index contributed by atoms with van der Waals surface area (Å²) in [5, 5.41) is 0.718. The van der Waals surface area contributed by atoms with Crippen molar-refractivity contribution in [2.24, 2.45) is 5.92 Å². The molecule has 1 saturated carbocycles. The summed E-state index contributed by atoms with van der Waals surface area (Å²) in [5.74, 6) is 0.947. The Labute approximate surface area is 74.6 Å². The maximum Gasteiger partial charge on any atom is 0.0500 e. The summed E-state index contributed by atoms with van der Waals surface area (Å²) >= 11 is 7.64. The largest absolute Gasteiger partial charge is 0.322 e. The van der Waals surface area contributed by atoms with Crippen molar-refractivity contribution in [2.45, 2.75) is 31.4 Å². The van der Waals surface area contributed by atoms with Gasteiger partial charge in [0.1, 0.15) is 0 Å². The van der Waals surface area contributed by atoms with E-state index in [1.54, 1.807) is 0 Å². The Morgan fingerprint density at radius 1 is 1.40 bits per heavy atom. The minimum absolute atomic E-state index is 0.718. The topological polar surface area (TPSA) is 9.23 Å². The van der Waals surface area contributed by atoms with E-state index in [-0.39, 0.29) is 0 Å². The number of rotatable bonds is 0. The zero-order chi connectivity index (χ0) is 7.98. The smallest absolute Gasteiger partial charge is 0.0500 e. The Hall–Kier alpha value is 0.660. The van der Waals surface area contributed by atoms with E-state index in [9.17, 15) is 0 Å². The zero-order valence-electron chi connectivity index (χ0n) is 6.58. The molecule has 0 radical (unpaired) electrons. The standard InChI is InChI=1S/C6H12S.CH4OS/c1-5-2-3-6(7)4-5;1-2-3/h5-7H,2-4H2,1H3;3H,1H3. The van der Waals surface area contributed by atoms with Crippen LogP contribution in [0.15, 0.2) is 0 Å². The van der Waals surface area contributed by atoms with Crippen molar-refractivity contribution in [3.8, 4) is 0 Å². The molecule has 0 heterocycles. The summed E-state index contributed by atoms with van der Waals surface area (Å²) in [6.07, 6.45) is 4.07. The maximum absolute atomic E-state index is 4.35. The minimum atomic E-state index is 0.718. The van der Waals surface area contributed by atoms with Crippen molar-refractivity contribution in [3.63, 3.8) is 0 Å². The van der Waals surface area contributed by atoms with Gasteiger partial charge in [0.25, 0.3) is 0 Å². The van der Waals surface area contributed by atoms with Crippen molar-refractivity contribution in [1.29, 1.82) is 0 Å². The van der Waals surface area contributed by atoms with Gasteiger partial charge in [-0.2, -0.15) is 12.6 Å². The van der Waals surface area contributed by atoms with Gasteiger partial charge in [-0.25, -0.2) is 0 Å². The first-order chi connectivity index (χ1) is 4.70. The van der Waals surface area contributed by atoms with Gasteiger partial charge in [0, 0.05) is 12.4 Å². The van der Waals surface area contributed by atoms with Crippen molar-refractivity contribution < 1.29 is 4.18 Å². The Balaban J connectivity index is 0.000000236. The molecule has 0 aromatic rings. The Morgan fingerprint density at radius 2 is 1.90 bits per heavy atom. The molecule has 1 aliphatic carbocycles. The van der Waals surface area contributed by atoms with Gasteiger partial charge < -0.3 is 4.18 Å². The van der Waals surface area contributed by atoms with Crippen LogP contribution in [0.1, 0.15) is 26.2 Å². The van der Waals surface area contributed by atoms with Crippen LogP contribution < -0.4 is 0 Å². The molecule has 1 rings (SSSR count). The third-order valence-corrected chi connectivity index (χ3v) is 2.14. The maximum atomic E-state index is 4.35. The minimum Gasteiger partial charge on any atom is -0.322 e. The highest BCUT2D eigenvalue weighted by molar-refractivity contribution is 7.80. The fraction of sp³-hybridized carbons (Fsp3) is 1.00. The van der Waals surface area contributed by atoms with E-state index in [1.165, 1.54) is 26.4 Å². The predicted octanol–water partition coefficient (Wildman–Crippen LogP) is 2.58. The Morgan fingerprint density at radius 3 is 2.00 bits per heavy atom. The van der Waals surface area contributed by atoms with Gasteiger partial charge in [0.15, 0.2) is 0 Å². The lowest BCUT2D eigenvalue weighted by molar-refractivity contribution is 0.500. The molecule has 0 amide bonds. The van der Waals surface area contributed by atoms with E-state index in [4.69, 9.17) is 0 Å². The Bertz CT molecular complexity index is 70.0. The van der Waals surface area contributed by atoms with E-state index in [0.29, 0.717) is 0 Å². The van der Waals surface area contributed by atoms with Gasteiger partial charge in [0.05, 0.1) is 0 Å². The first kappa shape index (κ1) is 10.7. The molecule has 62 valence electrons. The summed E-state index contributed by atoms with van der Waals surface area (Å²) in [7, 11) is 1.49. The van der Waals surface area contributed by atoms with Crippen LogP contribution in [0.5, 0.6) is 0 Å². The molecule has 0 aliphatic heterocycles. The molecule has 2 unspecified atom stereocenters. The molecule has 1 fully saturated rings. The van der Waals surface area contributed by atoms with Crippen LogP contribution in [0, 0.1) is 5.92 Å². The van der Waals surface area contributed by atoms with Crippen molar-refractivity contribution in [1.82, 2.24) is 0 Å². The van der Waals surface area contributed by atoms with E-state index >= 15 is 0 Å². The predicted molar refractivity (Wildman–Crippen MR) is 51.8 cm³/mol. The molecule has 2 atom stereocenters. The van der Waals surface area contributed by atoms with E-state index < -0.39 is 0 Å². The monoisotopic (exact) mass is 180 g/mol. The number of hydrogen-bond donors (Lipinski definition) is 2. The summed E-state index contributed by atoms with van der Waals surface area (Å²) in [4.78, 5) is 0. The molecular formula is C7H16OS2. The second-order valence-corrected chi connectivity index (χ2v) is 3.85. The van der Waals surface area contributed by atoms with E-state index in [0.717, 1.165) is 11.2 Å². The molecule has 0 saturated heterocycles. The normalized spacial score (nSPS) is 31.2. The molecule has 0 aromatic carbocycles. The van der Waals surface area contributed by atoms with Crippen LogP contribution in [-0.4, -0.2) is 12.4 Å². The van der Waals surface area contributed by atoms with E-state index in [1.807, 2.05) is 0 Å². The number of thiol groups is 2. The summed E-state index contributed by atoms with van der Waals surface area (Å²) < 4.78 is 3.94. The molecule has 1 nitrogen and oxygen atoms in total. The fourth-order valence-corrected chi connectivity index (χ4v) is 1.69. The van der Waals surface area contributed by atoms with Crippen LogP contribution in [0.25, 0.3) is 0 Å². The van der Waals surface area contributed by atoms with Crippen LogP contribution in [0.3, 0.4) is 0 Å². The lowest BCUT2D eigenvalue weighted by atomic mass is 10.1. The number of hydrogen-bond acceptors (Lipinski definition) is 3. The molecule has 0 bridgehead atoms. The Kier molecular flexibility index (Phi) is 6.80. The average Bonchev–Trinajstić information content (AvgIpc) is 2.17. The second kappa shape index (κ2) is 6.38. The molecule has 1 aliphatic rings. The zero-order valence-corrected chi connectivity index (χ0v) is 8.37. The van der Waals surface area contributed by atoms with Crippen LogP contribution in [-0.2, 0) is 4.18 Å². The molecule has 0 aromatic heterocycles. The first-order valence-corrected chi connectivity index (χ1v) is 4.44. The van der Waals surface area contributed by atoms with Gasteiger partial charge in [-0.15, -0.1) is 0 Å². The summed E-state index contributed by atoms with van der Waals surface area (Å²) in [6.45, 7) is 2.30. The molecular weight excluding hydrogens is 164 g/mol. The summed E-state index contributed by atoms with van der Waals surface area (Å²) in [5.41, 5.74) is 0. The third-order valence-electron chi connectivity index (χ3n) is 1.67.